The zero-order chi connectivity index (χ0) is 15.5. The summed E-state index contributed by atoms with van der Waals surface area (Å²) in [6.45, 7) is 1.96. The number of amides is 2. The monoisotopic (exact) mass is 294 g/mol. The van der Waals surface area contributed by atoms with Gasteiger partial charge in [-0.2, -0.15) is 0 Å². The quantitative estimate of drug-likeness (QED) is 0.634. The van der Waals surface area contributed by atoms with Gasteiger partial charge in [0, 0.05) is 28.5 Å². The SMILES string of the molecule is Cc1cc2cc(NC(=O)C(=O)Nc3cccnc3)ccc2[nH]1. The molecule has 3 aromatic rings. The van der Waals surface area contributed by atoms with Crippen molar-refractivity contribution in [1.82, 2.24) is 9.97 Å². The normalized spacial score (nSPS) is 10.4. The number of benzene rings is 1. The average molecular weight is 294 g/mol. The minimum atomic E-state index is -0.738. The van der Waals surface area contributed by atoms with Crippen LogP contribution >= 0.6 is 0 Å². The first-order valence-electron chi connectivity index (χ1n) is 6.73. The molecular weight excluding hydrogens is 280 g/mol. The highest BCUT2D eigenvalue weighted by Gasteiger charge is 2.14. The Morgan fingerprint density at radius 3 is 2.55 bits per heavy atom. The van der Waals surface area contributed by atoms with E-state index in [-0.39, 0.29) is 0 Å². The van der Waals surface area contributed by atoms with Crippen LogP contribution < -0.4 is 10.6 Å². The van der Waals surface area contributed by atoms with Gasteiger partial charge in [-0.1, -0.05) is 0 Å². The van der Waals surface area contributed by atoms with Crippen molar-refractivity contribution in [3.8, 4) is 0 Å². The zero-order valence-corrected chi connectivity index (χ0v) is 11.9. The lowest BCUT2D eigenvalue weighted by atomic mass is 10.2. The summed E-state index contributed by atoms with van der Waals surface area (Å²) in [4.78, 5) is 30.8. The van der Waals surface area contributed by atoms with Crippen molar-refractivity contribution in [2.45, 2.75) is 6.92 Å². The highest BCUT2D eigenvalue weighted by Crippen LogP contribution is 2.19. The van der Waals surface area contributed by atoms with Crippen molar-refractivity contribution in [3.05, 3.63) is 54.5 Å². The summed E-state index contributed by atoms with van der Waals surface area (Å²) in [5.41, 5.74) is 3.06. The molecule has 2 aromatic heterocycles. The van der Waals surface area contributed by atoms with E-state index in [0.717, 1.165) is 16.6 Å². The Labute approximate surface area is 126 Å². The number of aryl methyl sites for hydroxylation is 1. The van der Waals surface area contributed by atoms with E-state index < -0.39 is 11.8 Å². The zero-order valence-electron chi connectivity index (χ0n) is 11.9. The van der Waals surface area contributed by atoms with Crippen LogP contribution in [0.3, 0.4) is 0 Å². The summed E-state index contributed by atoms with van der Waals surface area (Å²) in [7, 11) is 0. The van der Waals surface area contributed by atoms with Crippen molar-refractivity contribution >= 4 is 34.1 Å². The first kappa shape index (κ1) is 13.8. The third kappa shape index (κ3) is 2.95. The summed E-state index contributed by atoms with van der Waals surface area (Å²) in [5.74, 6) is -1.46. The van der Waals surface area contributed by atoms with Gasteiger partial charge in [-0.15, -0.1) is 0 Å². The lowest BCUT2D eigenvalue weighted by Gasteiger charge is -2.06. The van der Waals surface area contributed by atoms with Crippen LogP contribution in [-0.4, -0.2) is 21.8 Å². The number of anilines is 2. The summed E-state index contributed by atoms with van der Waals surface area (Å²) >= 11 is 0. The van der Waals surface area contributed by atoms with Crippen LogP contribution in [-0.2, 0) is 9.59 Å². The van der Waals surface area contributed by atoms with Crippen molar-refractivity contribution in [1.29, 1.82) is 0 Å². The topological polar surface area (TPSA) is 86.9 Å². The number of H-pyrrole nitrogens is 1. The number of carbonyl (C=O) groups is 2. The van der Waals surface area contributed by atoms with Gasteiger partial charge >= 0.3 is 11.8 Å². The molecular formula is C16H14N4O2. The van der Waals surface area contributed by atoms with E-state index in [0.29, 0.717) is 11.4 Å². The van der Waals surface area contributed by atoms with Gasteiger partial charge in [0.05, 0.1) is 11.9 Å². The number of rotatable bonds is 2. The van der Waals surface area contributed by atoms with Crippen LogP contribution in [0, 0.1) is 6.92 Å². The molecule has 6 nitrogen and oxygen atoms in total. The first-order chi connectivity index (χ1) is 10.6. The molecule has 6 heteroatoms. The highest BCUT2D eigenvalue weighted by molar-refractivity contribution is 6.43. The fraction of sp³-hybridized carbons (Fsp3) is 0.0625. The van der Waals surface area contributed by atoms with Crippen molar-refractivity contribution < 1.29 is 9.59 Å². The molecule has 0 saturated carbocycles. The Hall–Kier alpha value is -3.15. The number of pyridine rings is 1. The van der Waals surface area contributed by atoms with Crippen LogP contribution in [0.15, 0.2) is 48.8 Å². The molecule has 0 aliphatic rings. The molecule has 0 bridgehead atoms. The van der Waals surface area contributed by atoms with Gasteiger partial charge < -0.3 is 15.6 Å². The Morgan fingerprint density at radius 2 is 1.82 bits per heavy atom. The number of nitrogens with one attached hydrogen (secondary N) is 3. The number of nitrogens with zero attached hydrogens (tertiary/aromatic N) is 1. The fourth-order valence-corrected chi connectivity index (χ4v) is 2.17. The third-order valence-electron chi connectivity index (χ3n) is 3.14. The molecule has 0 fully saturated rings. The molecule has 22 heavy (non-hydrogen) atoms. The molecule has 0 spiro atoms. The van der Waals surface area contributed by atoms with Crippen LogP contribution in [0.1, 0.15) is 5.69 Å². The molecule has 3 rings (SSSR count). The molecule has 2 heterocycles. The Bertz CT molecular complexity index is 840. The fourth-order valence-electron chi connectivity index (χ4n) is 2.17. The van der Waals surface area contributed by atoms with Gasteiger partial charge in [-0.05, 0) is 43.3 Å². The summed E-state index contributed by atoms with van der Waals surface area (Å²) in [5, 5.41) is 6.04. The maximum absolute atomic E-state index is 11.9. The predicted octanol–water partition coefficient (Wildman–Crippen LogP) is 2.45. The lowest BCUT2D eigenvalue weighted by Crippen LogP contribution is -2.29. The van der Waals surface area contributed by atoms with E-state index in [9.17, 15) is 9.59 Å². The van der Waals surface area contributed by atoms with Gasteiger partial charge in [-0.3, -0.25) is 14.6 Å². The largest absolute Gasteiger partial charge is 0.359 e. The van der Waals surface area contributed by atoms with Gasteiger partial charge in [0.1, 0.15) is 0 Å². The van der Waals surface area contributed by atoms with Crippen LogP contribution in [0.5, 0.6) is 0 Å². The summed E-state index contributed by atoms with van der Waals surface area (Å²) in [6, 6.07) is 10.7. The predicted molar refractivity (Wildman–Crippen MR) is 84.5 cm³/mol. The minimum absolute atomic E-state index is 0.472. The molecule has 1 aromatic carbocycles. The van der Waals surface area contributed by atoms with E-state index in [2.05, 4.69) is 20.6 Å². The molecule has 0 saturated heterocycles. The molecule has 0 atom stereocenters. The minimum Gasteiger partial charge on any atom is -0.359 e. The molecule has 0 aliphatic heterocycles. The molecule has 0 aliphatic carbocycles. The maximum atomic E-state index is 11.9. The second-order valence-electron chi connectivity index (χ2n) is 4.90. The Balaban J connectivity index is 1.70. The van der Waals surface area contributed by atoms with Crippen LogP contribution in [0.25, 0.3) is 10.9 Å². The number of hydrogen-bond donors (Lipinski definition) is 3. The molecule has 3 N–H and O–H groups in total. The second-order valence-corrected chi connectivity index (χ2v) is 4.90. The number of hydrogen-bond acceptors (Lipinski definition) is 3. The standard InChI is InChI=1S/C16H14N4O2/c1-10-7-11-8-12(4-5-14(11)18-10)19-15(21)16(22)20-13-3-2-6-17-9-13/h2-9,18H,1H3,(H,19,21)(H,20,22). The van der Waals surface area contributed by atoms with E-state index in [1.165, 1.54) is 6.20 Å². The van der Waals surface area contributed by atoms with E-state index >= 15 is 0 Å². The van der Waals surface area contributed by atoms with Gasteiger partial charge in [0.15, 0.2) is 0 Å². The molecule has 2 amide bonds. The van der Waals surface area contributed by atoms with Crippen molar-refractivity contribution in [2.75, 3.05) is 10.6 Å². The number of carbonyl (C=O) groups excluding carboxylic acids is 2. The Morgan fingerprint density at radius 1 is 1.05 bits per heavy atom. The summed E-state index contributed by atoms with van der Waals surface area (Å²) < 4.78 is 0. The second kappa shape index (κ2) is 5.69. The van der Waals surface area contributed by atoms with E-state index in [1.54, 1.807) is 24.4 Å². The van der Waals surface area contributed by atoms with Crippen molar-refractivity contribution in [2.24, 2.45) is 0 Å². The summed E-state index contributed by atoms with van der Waals surface area (Å²) in [6.07, 6.45) is 3.06. The third-order valence-corrected chi connectivity index (χ3v) is 3.14. The number of aromatic amines is 1. The lowest BCUT2D eigenvalue weighted by molar-refractivity contribution is -0.132. The van der Waals surface area contributed by atoms with Gasteiger partial charge in [0.25, 0.3) is 0 Å². The van der Waals surface area contributed by atoms with E-state index in [4.69, 9.17) is 0 Å². The molecule has 110 valence electrons. The van der Waals surface area contributed by atoms with Gasteiger partial charge in [0.2, 0.25) is 0 Å². The smallest absolute Gasteiger partial charge is 0.314 e. The number of fused-ring (bicyclic) bond motifs is 1. The molecule has 0 unspecified atom stereocenters. The van der Waals surface area contributed by atoms with Gasteiger partial charge in [-0.25, -0.2) is 0 Å². The Kier molecular flexibility index (Phi) is 3.57. The van der Waals surface area contributed by atoms with Crippen molar-refractivity contribution in [3.63, 3.8) is 0 Å². The van der Waals surface area contributed by atoms with Crippen LogP contribution in [0.4, 0.5) is 11.4 Å². The number of aromatic nitrogens is 2. The van der Waals surface area contributed by atoms with Crippen LogP contribution in [0.2, 0.25) is 0 Å². The highest BCUT2D eigenvalue weighted by atomic mass is 16.2. The van der Waals surface area contributed by atoms with E-state index in [1.807, 2.05) is 25.1 Å². The maximum Gasteiger partial charge on any atom is 0.314 e. The molecule has 0 radical (unpaired) electrons. The average Bonchev–Trinajstić information content (AvgIpc) is 2.87. The first-order valence-corrected chi connectivity index (χ1v) is 6.73.